The fraction of sp³-hybridized carbons (Fsp3) is 0.462. The third kappa shape index (κ3) is 4.44. The first-order valence-electron chi connectivity index (χ1n) is 5.58. The normalized spacial score (nSPS) is 10.4. The van der Waals surface area contributed by atoms with Crippen molar-refractivity contribution in [3.05, 3.63) is 23.8 Å². The maximum absolute atomic E-state index is 10.9. The van der Waals surface area contributed by atoms with Gasteiger partial charge in [-0.15, -0.1) is 0 Å². The van der Waals surface area contributed by atoms with Crippen molar-refractivity contribution in [3.8, 4) is 11.5 Å². The Morgan fingerprint density at radius 2 is 2.12 bits per heavy atom. The van der Waals surface area contributed by atoms with Gasteiger partial charge in [0.2, 0.25) is 0 Å². The van der Waals surface area contributed by atoms with Crippen LogP contribution in [0.5, 0.6) is 11.5 Å². The molecule has 0 bridgehead atoms. The van der Waals surface area contributed by atoms with Crippen molar-refractivity contribution in [2.75, 3.05) is 34.4 Å². The molecule has 0 fully saturated rings. The fourth-order valence-electron chi connectivity index (χ4n) is 1.44. The molecule has 0 saturated carbocycles. The topological polar surface area (TPSA) is 38.8 Å². The van der Waals surface area contributed by atoms with Gasteiger partial charge < -0.3 is 14.4 Å². The fourth-order valence-corrected chi connectivity index (χ4v) is 1.44. The molecular formula is C13H19NO3. The van der Waals surface area contributed by atoms with Crippen molar-refractivity contribution < 1.29 is 14.3 Å². The zero-order valence-corrected chi connectivity index (χ0v) is 10.6. The molecule has 0 radical (unpaired) electrons. The van der Waals surface area contributed by atoms with Crippen molar-refractivity contribution in [2.24, 2.45) is 0 Å². The first-order chi connectivity index (χ1) is 8.17. The van der Waals surface area contributed by atoms with E-state index in [1.165, 1.54) is 0 Å². The van der Waals surface area contributed by atoms with Gasteiger partial charge in [-0.2, -0.15) is 0 Å². The van der Waals surface area contributed by atoms with Gasteiger partial charge in [-0.25, -0.2) is 0 Å². The predicted octanol–water partition coefficient (Wildman–Crippen LogP) is 1.84. The summed E-state index contributed by atoms with van der Waals surface area (Å²) in [6, 6.07) is 5.22. The summed E-state index contributed by atoms with van der Waals surface area (Å²) in [5.74, 6) is 1.27. The van der Waals surface area contributed by atoms with E-state index in [9.17, 15) is 4.79 Å². The van der Waals surface area contributed by atoms with Crippen LogP contribution in [0.1, 0.15) is 16.8 Å². The number of carbonyl (C=O) groups is 1. The highest BCUT2D eigenvalue weighted by Crippen LogP contribution is 2.22. The van der Waals surface area contributed by atoms with E-state index in [1.54, 1.807) is 25.3 Å². The molecule has 0 atom stereocenters. The molecule has 0 aliphatic heterocycles. The SMILES string of the molecule is COc1ccc(OCCCN(C)C)c(C=O)c1. The predicted molar refractivity (Wildman–Crippen MR) is 67.0 cm³/mol. The monoisotopic (exact) mass is 237 g/mol. The summed E-state index contributed by atoms with van der Waals surface area (Å²) >= 11 is 0. The molecule has 0 unspecified atom stereocenters. The van der Waals surface area contributed by atoms with E-state index in [0.717, 1.165) is 19.3 Å². The van der Waals surface area contributed by atoms with Crippen LogP contribution in [0.15, 0.2) is 18.2 Å². The number of hydrogen-bond acceptors (Lipinski definition) is 4. The second kappa shape index (κ2) is 6.91. The van der Waals surface area contributed by atoms with Crippen LogP contribution in [0.25, 0.3) is 0 Å². The van der Waals surface area contributed by atoms with E-state index in [2.05, 4.69) is 4.90 Å². The Labute approximate surface area is 102 Å². The summed E-state index contributed by atoms with van der Waals surface area (Å²) in [6.07, 6.45) is 1.71. The first-order valence-corrected chi connectivity index (χ1v) is 5.58. The van der Waals surface area contributed by atoms with Crippen LogP contribution in [0.4, 0.5) is 0 Å². The van der Waals surface area contributed by atoms with Gasteiger partial charge in [0.25, 0.3) is 0 Å². The third-order valence-corrected chi connectivity index (χ3v) is 2.35. The van der Waals surface area contributed by atoms with Gasteiger partial charge in [0.05, 0.1) is 19.3 Å². The van der Waals surface area contributed by atoms with Gasteiger partial charge in [0.1, 0.15) is 11.5 Å². The number of rotatable bonds is 7. The first kappa shape index (κ1) is 13.5. The lowest BCUT2D eigenvalue weighted by molar-refractivity contribution is 0.111. The summed E-state index contributed by atoms with van der Waals surface area (Å²) in [5.41, 5.74) is 0.522. The zero-order chi connectivity index (χ0) is 12.7. The molecule has 0 saturated heterocycles. The van der Waals surface area contributed by atoms with Crippen LogP contribution in [-0.4, -0.2) is 45.5 Å². The van der Waals surface area contributed by atoms with E-state index < -0.39 is 0 Å². The molecule has 0 N–H and O–H groups in total. The minimum Gasteiger partial charge on any atom is -0.497 e. The van der Waals surface area contributed by atoms with Crippen molar-refractivity contribution in [1.82, 2.24) is 4.90 Å². The van der Waals surface area contributed by atoms with Crippen LogP contribution in [0.2, 0.25) is 0 Å². The molecule has 4 nitrogen and oxygen atoms in total. The molecular weight excluding hydrogens is 218 g/mol. The number of benzene rings is 1. The molecule has 0 spiro atoms. The van der Waals surface area contributed by atoms with Crippen molar-refractivity contribution in [1.29, 1.82) is 0 Å². The highest BCUT2D eigenvalue weighted by Gasteiger charge is 2.04. The number of nitrogens with zero attached hydrogens (tertiary/aromatic N) is 1. The van der Waals surface area contributed by atoms with Crippen LogP contribution in [0, 0.1) is 0 Å². The van der Waals surface area contributed by atoms with Gasteiger partial charge in [-0.05, 0) is 38.7 Å². The average molecular weight is 237 g/mol. The van der Waals surface area contributed by atoms with Gasteiger partial charge in [-0.1, -0.05) is 0 Å². The Morgan fingerprint density at radius 1 is 1.35 bits per heavy atom. The van der Waals surface area contributed by atoms with Crippen LogP contribution < -0.4 is 9.47 Å². The van der Waals surface area contributed by atoms with Crippen molar-refractivity contribution >= 4 is 6.29 Å². The van der Waals surface area contributed by atoms with Gasteiger partial charge in [0, 0.05) is 6.54 Å². The number of hydrogen-bond donors (Lipinski definition) is 0. The lowest BCUT2D eigenvalue weighted by Gasteiger charge is -2.12. The summed E-state index contributed by atoms with van der Waals surface area (Å²) in [7, 11) is 5.61. The highest BCUT2D eigenvalue weighted by atomic mass is 16.5. The summed E-state index contributed by atoms with van der Waals surface area (Å²) in [4.78, 5) is 13.0. The molecule has 4 heteroatoms. The number of carbonyl (C=O) groups excluding carboxylic acids is 1. The Hall–Kier alpha value is -1.55. The number of aldehydes is 1. The van der Waals surface area contributed by atoms with Gasteiger partial charge in [-0.3, -0.25) is 4.79 Å². The Bertz CT molecular complexity index is 364. The second-order valence-corrected chi connectivity index (χ2v) is 4.03. The molecule has 1 rings (SSSR count). The van der Waals surface area contributed by atoms with E-state index >= 15 is 0 Å². The number of ether oxygens (including phenoxy) is 2. The summed E-state index contributed by atoms with van der Waals surface area (Å²) in [5, 5.41) is 0. The quantitative estimate of drug-likeness (QED) is 0.536. The largest absolute Gasteiger partial charge is 0.497 e. The standard InChI is InChI=1S/C13H19NO3/c1-14(2)7-4-8-17-13-6-5-12(16-3)9-11(13)10-15/h5-6,9-10H,4,7-8H2,1-3H3. The lowest BCUT2D eigenvalue weighted by Crippen LogP contribution is -2.15. The Kier molecular flexibility index (Phi) is 5.49. The molecule has 1 aromatic carbocycles. The maximum Gasteiger partial charge on any atom is 0.153 e. The second-order valence-electron chi connectivity index (χ2n) is 4.03. The molecule has 0 aliphatic carbocycles. The molecule has 17 heavy (non-hydrogen) atoms. The molecule has 0 aliphatic rings. The van der Waals surface area contributed by atoms with Crippen LogP contribution in [0.3, 0.4) is 0 Å². The molecule has 94 valence electrons. The average Bonchev–Trinajstić information content (AvgIpc) is 2.34. The highest BCUT2D eigenvalue weighted by molar-refractivity contribution is 5.80. The van der Waals surface area contributed by atoms with E-state index in [1.807, 2.05) is 14.1 Å². The summed E-state index contributed by atoms with van der Waals surface area (Å²) in [6.45, 7) is 1.57. The third-order valence-electron chi connectivity index (χ3n) is 2.35. The number of methoxy groups -OCH3 is 1. The maximum atomic E-state index is 10.9. The van der Waals surface area contributed by atoms with Crippen LogP contribution in [-0.2, 0) is 0 Å². The smallest absolute Gasteiger partial charge is 0.153 e. The van der Waals surface area contributed by atoms with Crippen LogP contribution >= 0.6 is 0 Å². The molecule has 0 heterocycles. The van der Waals surface area contributed by atoms with Gasteiger partial charge in [0.15, 0.2) is 6.29 Å². The summed E-state index contributed by atoms with van der Waals surface area (Å²) < 4.78 is 10.6. The Morgan fingerprint density at radius 3 is 2.71 bits per heavy atom. The zero-order valence-electron chi connectivity index (χ0n) is 10.6. The Balaban J connectivity index is 2.55. The van der Waals surface area contributed by atoms with Gasteiger partial charge >= 0.3 is 0 Å². The minimum atomic E-state index is 0.522. The molecule has 1 aromatic rings. The van der Waals surface area contributed by atoms with E-state index in [0.29, 0.717) is 23.7 Å². The van der Waals surface area contributed by atoms with E-state index in [4.69, 9.17) is 9.47 Å². The minimum absolute atomic E-state index is 0.522. The van der Waals surface area contributed by atoms with E-state index in [-0.39, 0.29) is 0 Å². The molecule has 0 amide bonds. The van der Waals surface area contributed by atoms with Crippen molar-refractivity contribution in [2.45, 2.75) is 6.42 Å². The van der Waals surface area contributed by atoms with Crippen molar-refractivity contribution in [3.63, 3.8) is 0 Å². The lowest BCUT2D eigenvalue weighted by atomic mass is 10.2. The molecule has 0 aromatic heterocycles.